The zero-order chi connectivity index (χ0) is 35.6. The van der Waals surface area contributed by atoms with Gasteiger partial charge in [-0.1, -0.05) is 49.6 Å². The van der Waals surface area contributed by atoms with Gasteiger partial charge in [-0.05, 0) is 45.7 Å². The molecular weight excluding hydrogens is 665 g/mol. The molecule has 260 valence electrons. The third kappa shape index (κ3) is 7.84. The number of nitrogens with two attached hydrogens (primary N) is 1. The van der Waals surface area contributed by atoms with Gasteiger partial charge in [0, 0.05) is 95.7 Å². The predicted molar refractivity (Wildman–Crippen MR) is 192 cm³/mol. The molecule has 2 saturated heterocycles. The molecule has 2 aromatic carbocycles. The van der Waals surface area contributed by atoms with Crippen LogP contribution in [0.1, 0.15) is 44.7 Å². The molecule has 0 bridgehead atoms. The van der Waals surface area contributed by atoms with E-state index in [2.05, 4.69) is 28.4 Å². The number of hydrogen-bond donors (Lipinski definition) is 2. The molecule has 2 aliphatic rings. The van der Waals surface area contributed by atoms with Crippen LogP contribution in [0.3, 0.4) is 0 Å². The SMILES string of the molecule is C=Cc1cncc2cccc(S(=O)(=O)N3CC[C@@H](N)C3)c12.C=Cc1cncc2cccc(S(=O)(=O)N3CC[C@@H](NC(=O)OC(C)(C)C)C3)c12. The summed E-state index contributed by atoms with van der Waals surface area (Å²) in [4.78, 5) is 20.8. The summed E-state index contributed by atoms with van der Waals surface area (Å²) in [6, 6.07) is 9.97. The summed E-state index contributed by atoms with van der Waals surface area (Å²) in [7, 11) is -7.29. The zero-order valence-corrected chi connectivity index (χ0v) is 29.5. The molecule has 4 aromatic rings. The Morgan fingerprint density at radius 2 is 1.33 bits per heavy atom. The number of amides is 1. The van der Waals surface area contributed by atoms with E-state index < -0.39 is 31.7 Å². The summed E-state index contributed by atoms with van der Waals surface area (Å²) in [5.41, 5.74) is 6.62. The Labute approximate surface area is 287 Å². The molecule has 0 radical (unpaired) electrons. The Kier molecular flexibility index (Phi) is 10.6. The topological polar surface area (TPSA) is 165 Å². The van der Waals surface area contributed by atoms with Gasteiger partial charge < -0.3 is 15.8 Å². The average molecular weight is 707 g/mol. The Morgan fingerprint density at radius 1 is 0.837 bits per heavy atom. The molecular formula is C35H42N6O6S2. The molecule has 6 rings (SSSR count). The van der Waals surface area contributed by atoms with Crippen LogP contribution < -0.4 is 11.1 Å². The van der Waals surface area contributed by atoms with Crippen LogP contribution in [-0.4, -0.2) is 85.4 Å². The number of fused-ring (bicyclic) bond motifs is 2. The predicted octanol–water partition coefficient (Wildman–Crippen LogP) is 4.77. The Bertz CT molecular complexity index is 2100. The normalized spacial score (nSPS) is 18.9. The van der Waals surface area contributed by atoms with Gasteiger partial charge in [0.25, 0.3) is 0 Å². The van der Waals surface area contributed by atoms with Crippen LogP contribution in [0.15, 0.2) is 84.1 Å². The highest BCUT2D eigenvalue weighted by Gasteiger charge is 2.35. The van der Waals surface area contributed by atoms with Crippen LogP contribution in [0.4, 0.5) is 4.79 Å². The van der Waals surface area contributed by atoms with Crippen molar-refractivity contribution in [3.8, 4) is 0 Å². The molecule has 2 fully saturated rings. The molecule has 14 heteroatoms. The molecule has 2 atom stereocenters. The Balaban J connectivity index is 0.000000199. The molecule has 0 aliphatic carbocycles. The largest absolute Gasteiger partial charge is 0.444 e. The van der Waals surface area contributed by atoms with E-state index in [4.69, 9.17) is 10.5 Å². The minimum Gasteiger partial charge on any atom is -0.444 e. The quantitative estimate of drug-likeness (QED) is 0.276. The standard InChI is InChI=1S/C20H25N3O4S.C15H17N3O2S/c1-5-14-11-21-12-15-7-6-8-17(18(14)15)28(25,26)23-10-9-16(13-23)22-19(24)27-20(2,3)4;1-2-11-8-17-9-12-4-3-5-14(15(11)12)21(19,20)18-7-6-13(16)10-18/h5-8,11-12,16H,1,9-10,13H2,2-4H3,(H,22,24);2-5,8-9,13H,1,6-7,10,16H2/t16-;13-/m11/s1. The number of alkyl carbamates (subject to hydrolysis) is 1. The second-order valence-corrected chi connectivity index (χ2v) is 16.8. The van der Waals surface area contributed by atoms with Gasteiger partial charge in [-0.25, -0.2) is 21.6 Å². The van der Waals surface area contributed by atoms with E-state index in [0.717, 1.165) is 16.3 Å². The maximum atomic E-state index is 13.3. The van der Waals surface area contributed by atoms with Crippen molar-refractivity contribution >= 4 is 59.8 Å². The van der Waals surface area contributed by atoms with Crippen molar-refractivity contribution in [3.05, 3.63) is 85.5 Å². The third-order valence-corrected chi connectivity index (χ3v) is 12.1. The van der Waals surface area contributed by atoms with Crippen molar-refractivity contribution in [3.63, 3.8) is 0 Å². The van der Waals surface area contributed by atoms with E-state index >= 15 is 0 Å². The number of benzene rings is 2. The lowest BCUT2D eigenvalue weighted by Crippen LogP contribution is -2.41. The van der Waals surface area contributed by atoms with Crippen LogP contribution in [0.25, 0.3) is 33.7 Å². The minimum atomic E-state index is -3.74. The summed E-state index contributed by atoms with van der Waals surface area (Å²) in [6.45, 7) is 14.2. The number of nitrogens with one attached hydrogen (secondary N) is 1. The van der Waals surface area contributed by atoms with Gasteiger partial charge in [0.15, 0.2) is 0 Å². The highest BCUT2D eigenvalue weighted by molar-refractivity contribution is 7.89. The van der Waals surface area contributed by atoms with Crippen LogP contribution in [0.5, 0.6) is 0 Å². The lowest BCUT2D eigenvalue weighted by molar-refractivity contribution is 0.0507. The van der Waals surface area contributed by atoms with Crippen LogP contribution in [0.2, 0.25) is 0 Å². The van der Waals surface area contributed by atoms with E-state index in [1.165, 1.54) is 8.61 Å². The highest BCUT2D eigenvalue weighted by Crippen LogP contribution is 2.32. The fourth-order valence-corrected chi connectivity index (χ4v) is 9.48. The second-order valence-electron chi connectivity index (χ2n) is 13.0. The second kappa shape index (κ2) is 14.3. The molecule has 2 aliphatic heterocycles. The molecule has 1 amide bonds. The first kappa shape index (κ1) is 36.1. The summed E-state index contributed by atoms with van der Waals surface area (Å²) in [5.74, 6) is 0. The smallest absolute Gasteiger partial charge is 0.407 e. The zero-order valence-electron chi connectivity index (χ0n) is 27.9. The van der Waals surface area contributed by atoms with Crippen LogP contribution in [0, 0.1) is 0 Å². The molecule has 4 heterocycles. The summed E-state index contributed by atoms with van der Waals surface area (Å²) >= 11 is 0. The molecule has 3 N–H and O–H groups in total. The first-order valence-corrected chi connectivity index (χ1v) is 18.8. The van der Waals surface area contributed by atoms with Crippen molar-refractivity contribution < 1.29 is 26.4 Å². The van der Waals surface area contributed by atoms with E-state index in [0.29, 0.717) is 53.7 Å². The van der Waals surface area contributed by atoms with Gasteiger partial charge in [-0.3, -0.25) is 9.97 Å². The maximum absolute atomic E-state index is 13.3. The number of rotatable bonds is 7. The van der Waals surface area contributed by atoms with Gasteiger partial charge in [-0.15, -0.1) is 0 Å². The molecule has 12 nitrogen and oxygen atoms in total. The number of nitrogens with zero attached hydrogens (tertiary/aromatic N) is 4. The first-order chi connectivity index (χ1) is 23.2. The van der Waals surface area contributed by atoms with E-state index in [9.17, 15) is 21.6 Å². The number of aromatic nitrogens is 2. The number of carbonyl (C=O) groups excluding carboxylic acids is 1. The number of ether oxygens (including phenoxy) is 1. The number of carbonyl (C=O) groups is 1. The fraction of sp³-hybridized carbons (Fsp3) is 0.343. The Morgan fingerprint density at radius 3 is 1.78 bits per heavy atom. The van der Waals surface area contributed by atoms with Crippen LogP contribution >= 0.6 is 0 Å². The Hall–Kier alpha value is -4.21. The van der Waals surface area contributed by atoms with E-state index in [-0.39, 0.29) is 23.5 Å². The van der Waals surface area contributed by atoms with Crippen molar-refractivity contribution in [2.24, 2.45) is 5.73 Å². The lowest BCUT2D eigenvalue weighted by atomic mass is 10.1. The van der Waals surface area contributed by atoms with Crippen molar-refractivity contribution in [1.82, 2.24) is 23.9 Å². The van der Waals surface area contributed by atoms with Crippen LogP contribution in [-0.2, 0) is 24.8 Å². The third-order valence-electron chi connectivity index (χ3n) is 8.28. The van der Waals surface area contributed by atoms with Crippen molar-refractivity contribution in [2.75, 3.05) is 26.2 Å². The van der Waals surface area contributed by atoms with Gasteiger partial charge in [-0.2, -0.15) is 8.61 Å². The fourth-order valence-electron chi connectivity index (χ4n) is 5.98. The molecule has 0 unspecified atom stereocenters. The molecule has 49 heavy (non-hydrogen) atoms. The summed E-state index contributed by atoms with van der Waals surface area (Å²) in [6.07, 6.45) is 10.4. The minimum absolute atomic E-state index is 0.0877. The monoisotopic (exact) mass is 706 g/mol. The molecule has 0 saturated carbocycles. The maximum Gasteiger partial charge on any atom is 0.407 e. The first-order valence-electron chi connectivity index (χ1n) is 15.9. The van der Waals surface area contributed by atoms with Gasteiger partial charge >= 0.3 is 6.09 Å². The van der Waals surface area contributed by atoms with Crippen molar-refractivity contribution in [1.29, 1.82) is 0 Å². The van der Waals surface area contributed by atoms with Gasteiger partial charge in [0.2, 0.25) is 20.0 Å². The summed E-state index contributed by atoms with van der Waals surface area (Å²) < 4.78 is 60.5. The molecule has 0 spiro atoms. The van der Waals surface area contributed by atoms with E-state index in [1.54, 1.807) is 82.0 Å². The summed E-state index contributed by atoms with van der Waals surface area (Å²) in [5, 5.41) is 5.56. The van der Waals surface area contributed by atoms with E-state index in [1.807, 2.05) is 12.1 Å². The lowest BCUT2D eigenvalue weighted by Gasteiger charge is -2.22. The molecule has 2 aromatic heterocycles. The van der Waals surface area contributed by atoms with Gasteiger partial charge in [0.1, 0.15) is 5.60 Å². The van der Waals surface area contributed by atoms with Gasteiger partial charge in [0.05, 0.1) is 9.79 Å². The number of sulfonamides is 2. The number of pyridine rings is 2. The number of hydrogen-bond acceptors (Lipinski definition) is 9. The van der Waals surface area contributed by atoms with Crippen molar-refractivity contribution in [2.45, 2.75) is 61.1 Å². The average Bonchev–Trinajstić information content (AvgIpc) is 3.73. The highest BCUT2D eigenvalue weighted by atomic mass is 32.2.